The number of hydrogen-bond donors (Lipinski definition) is 2. The number of amides is 4. The first-order chi connectivity index (χ1) is 10.5. The number of carbonyl (C=O) groups excluding carboxylic acids is 3. The van der Waals surface area contributed by atoms with Gasteiger partial charge in [0, 0.05) is 6.54 Å². The summed E-state index contributed by atoms with van der Waals surface area (Å²) in [6.07, 6.45) is 1.94. The highest BCUT2D eigenvalue weighted by molar-refractivity contribution is 6.09. The van der Waals surface area contributed by atoms with Gasteiger partial charge in [0.05, 0.1) is 0 Å². The van der Waals surface area contributed by atoms with Crippen LogP contribution in [0.25, 0.3) is 0 Å². The SMILES string of the molecule is C=CCNC(=O)CN1C(=O)N[C@@](CC)(c2ccccc2)C1=O. The highest BCUT2D eigenvalue weighted by atomic mass is 16.2. The standard InChI is InChI=1S/C16H19N3O3/c1-3-10-17-13(20)11-19-14(21)16(4-2,18-15(19)22)12-8-6-5-7-9-12/h3,5-9H,1,4,10-11H2,2H3,(H,17,20)(H,18,22)/t16-/m0/s1. The van der Waals surface area contributed by atoms with Gasteiger partial charge in [-0.2, -0.15) is 0 Å². The second-order valence-corrected chi connectivity index (χ2v) is 5.04. The van der Waals surface area contributed by atoms with Crippen molar-refractivity contribution in [1.29, 1.82) is 0 Å². The molecule has 1 atom stereocenters. The molecule has 1 aromatic rings. The Kier molecular flexibility index (Phi) is 4.60. The minimum Gasteiger partial charge on any atom is -0.351 e. The van der Waals surface area contributed by atoms with Crippen LogP contribution in [0.15, 0.2) is 43.0 Å². The van der Waals surface area contributed by atoms with Crippen LogP contribution < -0.4 is 10.6 Å². The van der Waals surface area contributed by atoms with Gasteiger partial charge >= 0.3 is 6.03 Å². The van der Waals surface area contributed by atoms with Crippen LogP contribution in [-0.4, -0.2) is 35.8 Å². The van der Waals surface area contributed by atoms with Gasteiger partial charge in [-0.1, -0.05) is 43.3 Å². The maximum absolute atomic E-state index is 12.7. The molecule has 1 aliphatic heterocycles. The van der Waals surface area contributed by atoms with Crippen molar-refractivity contribution in [1.82, 2.24) is 15.5 Å². The van der Waals surface area contributed by atoms with E-state index in [0.29, 0.717) is 18.5 Å². The Morgan fingerprint density at radius 3 is 2.64 bits per heavy atom. The molecule has 1 aliphatic rings. The quantitative estimate of drug-likeness (QED) is 0.611. The smallest absolute Gasteiger partial charge is 0.325 e. The topological polar surface area (TPSA) is 78.5 Å². The van der Waals surface area contributed by atoms with Gasteiger partial charge in [-0.3, -0.25) is 14.5 Å². The number of rotatable bonds is 6. The zero-order valence-electron chi connectivity index (χ0n) is 12.5. The van der Waals surface area contributed by atoms with E-state index in [4.69, 9.17) is 0 Å². The average Bonchev–Trinajstić information content (AvgIpc) is 2.79. The normalized spacial score (nSPS) is 20.7. The number of imide groups is 1. The zero-order valence-corrected chi connectivity index (χ0v) is 12.5. The van der Waals surface area contributed by atoms with Crippen LogP contribution in [0.4, 0.5) is 4.79 Å². The minimum absolute atomic E-state index is 0.292. The van der Waals surface area contributed by atoms with Crippen LogP contribution in [0.3, 0.4) is 0 Å². The van der Waals surface area contributed by atoms with Crippen molar-refractivity contribution < 1.29 is 14.4 Å². The molecule has 116 valence electrons. The van der Waals surface area contributed by atoms with E-state index in [1.54, 1.807) is 12.1 Å². The van der Waals surface area contributed by atoms with Gasteiger partial charge in [-0.05, 0) is 12.0 Å². The van der Waals surface area contributed by atoms with Crippen molar-refractivity contribution in [2.75, 3.05) is 13.1 Å². The summed E-state index contributed by atoms with van der Waals surface area (Å²) in [5.74, 6) is -0.802. The maximum Gasteiger partial charge on any atom is 0.325 e. The third kappa shape index (κ3) is 2.72. The Morgan fingerprint density at radius 1 is 1.36 bits per heavy atom. The van der Waals surface area contributed by atoms with E-state index >= 15 is 0 Å². The van der Waals surface area contributed by atoms with Crippen molar-refractivity contribution in [3.8, 4) is 0 Å². The molecule has 0 aromatic heterocycles. The molecule has 0 bridgehead atoms. The van der Waals surface area contributed by atoms with Crippen molar-refractivity contribution in [2.45, 2.75) is 18.9 Å². The van der Waals surface area contributed by atoms with E-state index in [-0.39, 0.29) is 6.54 Å². The van der Waals surface area contributed by atoms with Crippen molar-refractivity contribution in [3.05, 3.63) is 48.6 Å². The molecule has 6 nitrogen and oxygen atoms in total. The molecule has 2 N–H and O–H groups in total. The summed E-state index contributed by atoms with van der Waals surface area (Å²) in [5, 5.41) is 5.29. The lowest BCUT2D eigenvalue weighted by Gasteiger charge is -2.25. The van der Waals surface area contributed by atoms with Crippen LogP contribution in [0.5, 0.6) is 0 Å². The lowest BCUT2D eigenvalue weighted by molar-refractivity contribution is -0.135. The van der Waals surface area contributed by atoms with E-state index in [0.717, 1.165) is 4.90 Å². The molecule has 2 rings (SSSR count). The first-order valence-electron chi connectivity index (χ1n) is 7.12. The van der Waals surface area contributed by atoms with E-state index in [1.807, 2.05) is 25.1 Å². The molecule has 1 saturated heterocycles. The first-order valence-corrected chi connectivity index (χ1v) is 7.12. The van der Waals surface area contributed by atoms with Gasteiger partial charge < -0.3 is 10.6 Å². The third-order valence-corrected chi connectivity index (χ3v) is 3.72. The van der Waals surface area contributed by atoms with Gasteiger partial charge in [-0.15, -0.1) is 6.58 Å². The van der Waals surface area contributed by atoms with Gasteiger partial charge in [0.15, 0.2) is 0 Å². The number of hydrogen-bond acceptors (Lipinski definition) is 3. The fourth-order valence-corrected chi connectivity index (χ4v) is 2.52. The highest BCUT2D eigenvalue weighted by Crippen LogP contribution is 2.32. The van der Waals surface area contributed by atoms with Crippen molar-refractivity contribution >= 4 is 17.8 Å². The Balaban J connectivity index is 2.23. The summed E-state index contributed by atoms with van der Waals surface area (Å²) in [6.45, 7) is 5.31. The summed E-state index contributed by atoms with van der Waals surface area (Å²) in [4.78, 5) is 37.6. The van der Waals surface area contributed by atoms with Crippen molar-refractivity contribution in [3.63, 3.8) is 0 Å². The van der Waals surface area contributed by atoms with E-state index in [2.05, 4.69) is 17.2 Å². The first kappa shape index (κ1) is 15.8. The number of urea groups is 1. The monoisotopic (exact) mass is 301 g/mol. The molecule has 1 fully saturated rings. The van der Waals surface area contributed by atoms with Gasteiger partial charge in [-0.25, -0.2) is 4.79 Å². The molecule has 6 heteroatoms. The van der Waals surface area contributed by atoms with Gasteiger partial charge in [0.1, 0.15) is 12.1 Å². The fraction of sp³-hybridized carbons (Fsp3) is 0.312. The average molecular weight is 301 g/mol. The largest absolute Gasteiger partial charge is 0.351 e. The number of carbonyl (C=O) groups is 3. The van der Waals surface area contributed by atoms with Crippen LogP contribution in [0.1, 0.15) is 18.9 Å². The molecular weight excluding hydrogens is 282 g/mol. The van der Waals surface area contributed by atoms with Crippen molar-refractivity contribution in [2.24, 2.45) is 0 Å². The second kappa shape index (κ2) is 6.43. The molecule has 1 aromatic carbocycles. The number of benzene rings is 1. The Hall–Kier alpha value is -2.63. The van der Waals surface area contributed by atoms with Crippen LogP contribution in [-0.2, 0) is 15.1 Å². The van der Waals surface area contributed by atoms with Gasteiger partial charge in [0.2, 0.25) is 5.91 Å². The molecule has 0 spiro atoms. The van der Waals surface area contributed by atoms with Crippen LogP contribution in [0.2, 0.25) is 0 Å². The van der Waals surface area contributed by atoms with E-state index in [9.17, 15) is 14.4 Å². The molecule has 1 heterocycles. The summed E-state index contributed by atoms with van der Waals surface area (Å²) in [7, 11) is 0. The maximum atomic E-state index is 12.7. The Labute approximate surface area is 129 Å². The summed E-state index contributed by atoms with van der Waals surface area (Å²) >= 11 is 0. The Morgan fingerprint density at radius 2 is 2.05 bits per heavy atom. The summed E-state index contributed by atoms with van der Waals surface area (Å²) in [5.41, 5.74) is -0.387. The Bertz CT molecular complexity index is 600. The predicted molar refractivity (Wildman–Crippen MR) is 81.9 cm³/mol. The molecule has 4 amide bonds. The second-order valence-electron chi connectivity index (χ2n) is 5.04. The predicted octanol–water partition coefficient (Wildman–Crippen LogP) is 1.15. The molecule has 0 saturated carbocycles. The van der Waals surface area contributed by atoms with E-state index < -0.39 is 23.4 Å². The third-order valence-electron chi connectivity index (χ3n) is 3.72. The summed E-state index contributed by atoms with van der Waals surface area (Å²) < 4.78 is 0. The molecular formula is C16H19N3O3. The number of nitrogens with zero attached hydrogens (tertiary/aromatic N) is 1. The fourth-order valence-electron chi connectivity index (χ4n) is 2.52. The van der Waals surface area contributed by atoms with Crippen LogP contribution in [0, 0.1) is 0 Å². The van der Waals surface area contributed by atoms with E-state index in [1.165, 1.54) is 6.08 Å². The lowest BCUT2D eigenvalue weighted by Crippen LogP contribution is -2.44. The lowest BCUT2D eigenvalue weighted by atomic mass is 9.87. The molecule has 0 aliphatic carbocycles. The highest BCUT2D eigenvalue weighted by Gasteiger charge is 2.51. The molecule has 0 radical (unpaired) electrons. The van der Waals surface area contributed by atoms with Crippen LogP contribution >= 0.6 is 0 Å². The minimum atomic E-state index is -1.10. The molecule has 0 unspecified atom stereocenters. The van der Waals surface area contributed by atoms with Gasteiger partial charge in [0.25, 0.3) is 5.91 Å². The molecule has 22 heavy (non-hydrogen) atoms. The zero-order chi connectivity index (χ0) is 16.2. The number of nitrogens with one attached hydrogen (secondary N) is 2. The summed E-state index contributed by atoms with van der Waals surface area (Å²) in [6, 6.07) is 8.50.